The van der Waals surface area contributed by atoms with Crippen LogP contribution in [0.15, 0.2) is 6.07 Å². The van der Waals surface area contributed by atoms with Crippen molar-refractivity contribution in [1.29, 1.82) is 0 Å². The summed E-state index contributed by atoms with van der Waals surface area (Å²) in [5, 5.41) is -0.395. The molecule has 26 heavy (non-hydrogen) atoms. The van der Waals surface area contributed by atoms with Crippen molar-refractivity contribution in [1.82, 2.24) is 5.12 Å². The van der Waals surface area contributed by atoms with Crippen molar-refractivity contribution in [2.45, 2.75) is 51.2 Å². The molecule has 1 aromatic carbocycles. The monoisotopic (exact) mass is 399 g/mol. The summed E-state index contributed by atoms with van der Waals surface area (Å²) in [6.45, 7) is 7.02. The predicted octanol–water partition coefficient (Wildman–Crippen LogP) is 5.08. The van der Waals surface area contributed by atoms with Crippen LogP contribution in [0.1, 0.15) is 34.1 Å². The largest absolute Gasteiger partial charge is 0.443 e. The Hall–Kier alpha value is -1.68. The maximum atomic E-state index is 13.8. The van der Waals surface area contributed by atoms with Gasteiger partial charge in [0.1, 0.15) is 0 Å². The number of benzene rings is 1. The molecule has 1 rings (SSSR count). The average Bonchev–Trinajstić information content (AvgIpc) is 2.56. The molecule has 10 heteroatoms. The lowest BCUT2D eigenvalue weighted by Gasteiger charge is -2.33. The lowest BCUT2D eigenvalue weighted by Crippen LogP contribution is -2.42. The maximum absolute atomic E-state index is 13.8. The molecule has 0 saturated heterocycles. The van der Waals surface area contributed by atoms with E-state index in [1.807, 2.05) is 27.7 Å². The van der Waals surface area contributed by atoms with Crippen LogP contribution < -0.4 is 4.74 Å². The van der Waals surface area contributed by atoms with Gasteiger partial charge in [0.15, 0.2) is 25.7 Å². The van der Waals surface area contributed by atoms with Crippen molar-refractivity contribution in [3.63, 3.8) is 0 Å². The van der Waals surface area contributed by atoms with E-state index in [1.54, 1.807) is 0 Å². The number of hydrogen-bond donors (Lipinski definition) is 1. The Balaban J connectivity index is 2.70. The molecule has 1 aromatic rings. The molecule has 1 N–H and O–H groups in total. The average molecular weight is 399 g/mol. The van der Waals surface area contributed by atoms with Gasteiger partial charge in [-0.25, -0.2) is 18.0 Å². The lowest BCUT2D eigenvalue weighted by molar-refractivity contribution is 0.0359. The molecule has 0 spiro atoms. The van der Waals surface area contributed by atoms with Gasteiger partial charge in [-0.2, -0.15) is 4.39 Å². The highest BCUT2D eigenvalue weighted by Crippen LogP contribution is 2.34. The van der Waals surface area contributed by atoms with Crippen molar-refractivity contribution in [3.8, 4) is 5.75 Å². The summed E-state index contributed by atoms with van der Waals surface area (Å²) in [4.78, 5) is 22.3. The third kappa shape index (κ3) is 4.94. The van der Waals surface area contributed by atoms with Gasteiger partial charge in [0.25, 0.3) is 0 Å². The molecule has 4 nitrogen and oxygen atoms in total. The van der Waals surface area contributed by atoms with E-state index in [2.05, 4.69) is 4.74 Å². The van der Waals surface area contributed by atoms with E-state index in [1.165, 1.54) is 0 Å². The first-order valence-electron chi connectivity index (χ1n) is 8.12. The summed E-state index contributed by atoms with van der Waals surface area (Å²) < 4.78 is 70.4. The van der Waals surface area contributed by atoms with Crippen molar-refractivity contribution >= 4 is 14.4 Å². The first kappa shape index (κ1) is 22.4. The van der Waals surface area contributed by atoms with E-state index in [0.717, 1.165) is 0 Å². The van der Waals surface area contributed by atoms with Crippen LogP contribution in [0.2, 0.25) is 17.1 Å². The molecule has 0 atom stereocenters. The van der Waals surface area contributed by atoms with E-state index in [0.29, 0.717) is 6.04 Å². The Labute approximate surface area is 149 Å². The summed E-state index contributed by atoms with van der Waals surface area (Å²) in [7, 11) is -2.66. The zero-order chi connectivity index (χ0) is 20.2. The quantitative estimate of drug-likeness (QED) is 0.229. The van der Waals surface area contributed by atoms with E-state index in [-0.39, 0.29) is 23.6 Å². The fourth-order valence-electron chi connectivity index (χ4n) is 2.61. The van der Waals surface area contributed by atoms with Crippen molar-refractivity contribution in [2.75, 3.05) is 6.54 Å². The van der Waals surface area contributed by atoms with Crippen molar-refractivity contribution < 1.29 is 36.4 Å². The lowest BCUT2D eigenvalue weighted by atomic mass is 10.3. The normalized spacial score (nSPS) is 12.0. The highest BCUT2D eigenvalue weighted by atomic mass is 28.4. The van der Waals surface area contributed by atoms with E-state index < -0.39 is 55.1 Å². The summed E-state index contributed by atoms with van der Waals surface area (Å²) >= 11 is 0. The van der Waals surface area contributed by atoms with Gasteiger partial charge >= 0.3 is 6.09 Å². The zero-order valence-corrected chi connectivity index (χ0v) is 16.0. The molecule has 0 aliphatic carbocycles. The fourth-order valence-corrected chi connectivity index (χ4v) is 5.82. The number of rotatable bonds is 7. The highest BCUT2D eigenvalue weighted by Gasteiger charge is 2.38. The number of hydrogen-bond acceptors (Lipinski definition) is 3. The van der Waals surface area contributed by atoms with Crippen LogP contribution in [-0.4, -0.2) is 30.9 Å². The molecule has 0 fully saturated rings. The Bertz CT molecular complexity index is 649. The second kappa shape index (κ2) is 8.80. The molecule has 0 bridgehead atoms. The Morgan fingerprint density at radius 1 is 1.12 bits per heavy atom. The molecule has 0 aliphatic rings. The van der Waals surface area contributed by atoms with Gasteiger partial charge in [-0.3, -0.25) is 0 Å². The molecule has 0 radical (unpaired) electrons. The number of halogens is 5. The summed E-state index contributed by atoms with van der Waals surface area (Å²) in [5.41, 5.74) is 0.0588. The van der Waals surface area contributed by atoms with Gasteiger partial charge in [-0.05, 0) is 23.5 Å². The van der Waals surface area contributed by atoms with E-state index >= 15 is 0 Å². The summed E-state index contributed by atoms with van der Waals surface area (Å²) in [6, 6.07) is 0.437. The minimum absolute atomic E-state index is 0.0294. The summed E-state index contributed by atoms with van der Waals surface area (Å²) in [6.07, 6.45) is -1.58. The Morgan fingerprint density at radius 2 is 1.65 bits per heavy atom. The highest BCUT2D eigenvalue weighted by molar-refractivity contribution is 6.75. The van der Waals surface area contributed by atoms with E-state index in [9.17, 15) is 31.6 Å². The predicted molar refractivity (Wildman–Crippen MR) is 87.7 cm³/mol. The topological polar surface area (TPSA) is 49.8 Å². The number of carbonyl (C=O) groups is 1. The minimum Gasteiger partial charge on any atom is -0.431 e. The van der Waals surface area contributed by atoms with Crippen LogP contribution >= 0.6 is 0 Å². The third-order valence-corrected chi connectivity index (χ3v) is 9.55. The van der Waals surface area contributed by atoms with Crippen LogP contribution in [0.4, 0.5) is 26.8 Å². The summed E-state index contributed by atoms with van der Waals surface area (Å²) in [5.74, 6) is -9.20. The Kier molecular flexibility index (Phi) is 7.57. The van der Waals surface area contributed by atoms with Crippen molar-refractivity contribution in [2.24, 2.45) is 0 Å². The number of ether oxygens (including phenoxy) is 1. The van der Waals surface area contributed by atoms with Crippen LogP contribution in [0.25, 0.3) is 0 Å². The van der Waals surface area contributed by atoms with Crippen LogP contribution in [0, 0.1) is 23.3 Å². The second-order valence-electron chi connectivity index (χ2n) is 6.66. The minimum atomic E-state index is -2.66. The molecule has 0 heterocycles. The molecule has 0 aromatic heterocycles. The smallest absolute Gasteiger partial charge is 0.431 e. The third-order valence-electron chi connectivity index (χ3n) is 4.40. The number of nitrogens with zero attached hydrogens (tertiary/aromatic N) is 1. The molecular formula is C16H22F5NO3Si. The van der Waals surface area contributed by atoms with Crippen LogP contribution in [0.5, 0.6) is 5.75 Å². The molecular weight excluding hydrogens is 377 g/mol. The first-order chi connectivity index (χ1) is 11.9. The standard InChI is InChI=1S/C16H22F5NO3Si/c1-9(2)26(24,10(3)4)7-5-6-22(21)16(23)25-12-8-11(17)13(18)15(20)14(12)19/h8-10,24H,5-7H2,1-4H3. The maximum Gasteiger partial charge on any atom is 0.443 e. The molecule has 0 saturated carbocycles. The molecule has 1 amide bonds. The molecule has 0 unspecified atom stereocenters. The molecule has 0 aliphatic heterocycles. The van der Waals surface area contributed by atoms with Crippen LogP contribution in [-0.2, 0) is 0 Å². The SMILES string of the molecule is CC(C)[Si](O)(CCCN(F)C(=O)Oc1cc(F)c(F)c(F)c1F)C(C)C. The van der Waals surface area contributed by atoms with Crippen molar-refractivity contribution in [3.05, 3.63) is 29.3 Å². The fraction of sp³-hybridized carbons (Fsp3) is 0.562. The Morgan fingerprint density at radius 3 is 2.15 bits per heavy atom. The van der Waals surface area contributed by atoms with Gasteiger partial charge in [0.2, 0.25) is 11.6 Å². The number of amides is 1. The van der Waals surface area contributed by atoms with Gasteiger partial charge in [-0.15, -0.1) is 5.12 Å². The first-order valence-corrected chi connectivity index (χ1v) is 10.4. The number of carbonyl (C=O) groups excluding carboxylic acids is 1. The van der Waals surface area contributed by atoms with Gasteiger partial charge in [0, 0.05) is 6.07 Å². The van der Waals surface area contributed by atoms with Gasteiger partial charge in [-0.1, -0.05) is 32.2 Å². The van der Waals surface area contributed by atoms with Gasteiger partial charge < -0.3 is 9.53 Å². The molecule has 148 valence electrons. The second-order valence-corrected chi connectivity index (χ2v) is 11.4. The zero-order valence-electron chi connectivity index (χ0n) is 15.0. The van der Waals surface area contributed by atoms with E-state index in [4.69, 9.17) is 0 Å². The van der Waals surface area contributed by atoms with Gasteiger partial charge in [0.05, 0.1) is 6.54 Å². The van der Waals surface area contributed by atoms with Crippen LogP contribution in [0.3, 0.4) is 0 Å².